The van der Waals surface area contributed by atoms with E-state index in [1.807, 2.05) is 0 Å². The molecule has 2 N–H and O–H groups in total. The summed E-state index contributed by atoms with van der Waals surface area (Å²) in [5.74, 6) is -1.16. The van der Waals surface area contributed by atoms with Crippen LogP contribution in [0.25, 0.3) is 0 Å². The lowest BCUT2D eigenvalue weighted by Gasteiger charge is -1.95. The topological polar surface area (TPSA) is 69.4 Å². The van der Waals surface area contributed by atoms with Crippen molar-refractivity contribution in [3.05, 3.63) is 0 Å². The van der Waals surface area contributed by atoms with Gasteiger partial charge >= 0.3 is 11.9 Å². The molecule has 0 aromatic carbocycles. The van der Waals surface area contributed by atoms with Gasteiger partial charge in [-0.1, -0.05) is 22.6 Å². The first-order valence-electron chi connectivity index (χ1n) is 2.28. The monoisotopic (exact) mass is 241 g/mol. The fraction of sp³-hybridized carbons (Fsp3) is 0.500. The highest BCUT2D eigenvalue weighted by Crippen LogP contribution is 2.15. The van der Waals surface area contributed by atoms with Crippen molar-refractivity contribution in [3.63, 3.8) is 0 Å². The van der Waals surface area contributed by atoms with Crippen LogP contribution < -0.4 is 5.73 Å². The number of alkyl halides is 1. The van der Waals surface area contributed by atoms with Crippen LogP contribution in [0.4, 0.5) is 0 Å². The van der Waals surface area contributed by atoms with Crippen molar-refractivity contribution in [3.8, 4) is 0 Å². The Morgan fingerprint density at radius 3 is 2.11 bits per heavy atom. The van der Waals surface area contributed by atoms with Crippen molar-refractivity contribution < 1.29 is 14.3 Å². The molecule has 5 heteroatoms. The van der Waals surface area contributed by atoms with Gasteiger partial charge in [0.15, 0.2) is 0 Å². The molecule has 0 radical (unpaired) electrons. The third-order valence-corrected chi connectivity index (χ3v) is 2.30. The van der Waals surface area contributed by atoms with Crippen LogP contribution in [-0.4, -0.2) is 21.9 Å². The maximum absolute atomic E-state index is 10.5. The minimum atomic E-state index is -0.766. The number of hydrogen-bond donors (Lipinski definition) is 1. The van der Waals surface area contributed by atoms with E-state index in [-0.39, 0.29) is 0 Å². The lowest BCUT2D eigenvalue weighted by Crippen LogP contribution is -2.33. The van der Waals surface area contributed by atoms with Crippen LogP contribution in [0.15, 0.2) is 0 Å². The van der Waals surface area contributed by atoms with Gasteiger partial charge in [0.2, 0.25) is 0 Å². The van der Waals surface area contributed by atoms with Gasteiger partial charge in [0.05, 0.1) is 0 Å². The summed E-state index contributed by atoms with van der Waals surface area (Å²) in [6.07, 6.45) is 0. The number of rotatable bonds is 0. The number of nitrogens with two attached hydrogens (primary N) is 1. The molecule has 50 valence electrons. The Kier molecular flexibility index (Phi) is 1.71. The lowest BCUT2D eigenvalue weighted by molar-refractivity contribution is -0.152. The van der Waals surface area contributed by atoms with Crippen LogP contribution in [0.3, 0.4) is 0 Å². The summed E-state index contributed by atoms with van der Waals surface area (Å²) < 4.78 is 3.67. The summed E-state index contributed by atoms with van der Waals surface area (Å²) >= 11 is 1.78. The summed E-state index contributed by atoms with van der Waals surface area (Å²) in [6.45, 7) is 0. The second-order valence-corrected chi connectivity index (χ2v) is 3.01. The van der Waals surface area contributed by atoms with E-state index < -0.39 is 21.9 Å². The van der Waals surface area contributed by atoms with Crippen LogP contribution >= 0.6 is 22.6 Å². The van der Waals surface area contributed by atoms with Gasteiger partial charge in [-0.15, -0.1) is 0 Å². The van der Waals surface area contributed by atoms with E-state index in [4.69, 9.17) is 5.73 Å². The normalized spacial score (nSPS) is 34.9. The van der Waals surface area contributed by atoms with Crippen LogP contribution in [0, 0.1) is 0 Å². The Labute approximate surface area is 64.9 Å². The fourth-order valence-electron chi connectivity index (χ4n) is 0.490. The molecule has 1 rings (SSSR count). The second-order valence-electron chi connectivity index (χ2n) is 1.67. The van der Waals surface area contributed by atoms with Crippen molar-refractivity contribution >= 4 is 34.5 Å². The van der Waals surface area contributed by atoms with E-state index in [0.717, 1.165) is 0 Å². The Morgan fingerprint density at radius 2 is 2.00 bits per heavy atom. The Morgan fingerprint density at radius 1 is 1.44 bits per heavy atom. The average molecular weight is 241 g/mol. The van der Waals surface area contributed by atoms with Crippen LogP contribution in [0.5, 0.6) is 0 Å². The minimum Gasteiger partial charge on any atom is -0.391 e. The highest BCUT2D eigenvalue weighted by molar-refractivity contribution is 14.1. The smallest absolute Gasteiger partial charge is 0.332 e. The number of cyclic esters (lactones) is 2. The zero-order valence-corrected chi connectivity index (χ0v) is 6.49. The third kappa shape index (κ3) is 1.06. The first-order valence-corrected chi connectivity index (χ1v) is 3.52. The van der Waals surface area contributed by atoms with Crippen molar-refractivity contribution in [1.82, 2.24) is 0 Å². The van der Waals surface area contributed by atoms with Gasteiger partial charge in [0.1, 0.15) is 9.97 Å². The van der Waals surface area contributed by atoms with Gasteiger partial charge in [-0.05, 0) is 0 Å². The summed E-state index contributed by atoms with van der Waals surface area (Å²) in [7, 11) is 0. The van der Waals surface area contributed by atoms with Gasteiger partial charge in [0.25, 0.3) is 0 Å². The molecule has 0 bridgehead atoms. The zero-order valence-electron chi connectivity index (χ0n) is 4.33. The SMILES string of the molecule is NC1C(=O)OC(=O)C1I. The predicted molar refractivity (Wildman–Crippen MR) is 36.9 cm³/mol. The van der Waals surface area contributed by atoms with Crippen molar-refractivity contribution in [2.45, 2.75) is 9.97 Å². The Balaban J connectivity index is 2.77. The van der Waals surface area contributed by atoms with E-state index in [9.17, 15) is 9.59 Å². The maximum Gasteiger partial charge on any atom is 0.332 e. The summed E-state index contributed by atoms with van der Waals surface area (Å²) in [4.78, 5) is 20.9. The molecule has 0 saturated carbocycles. The third-order valence-electron chi connectivity index (χ3n) is 1.01. The Hall–Kier alpha value is -0.170. The molecule has 0 spiro atoms. The molecule has 1 saturated heterocycles. The van der Waals surface area contributed by atoms with E-state index in [1.165, 1.54) is 0 Å². The number of ether oxygens (including phenoxy) is 1. The zero-order chi connectivity index (χ0) is 7.02. The van der Waals surface area contributed by atoms with Gasteiger partial charge < -0.3 is 10.5 Å². The standard InChI is InChI=1S/C4H4INO3/c5-1-2(6)4(8)9-3(1)7/h1-2H,6H2. The number of carbonyl (C=O) groups excluding carboxylic acids is 2. The predicted octanol–water partition coefficient (Wildman–Crippen LogP) is -0.799. The largest absolute Gasteiger partial charge is 0.391 e. The molecule has 1 aliphatic heterocycles. The van der Waals surface area contributed by atoms with Crippen molar-refractivity contribution in [2.24, 2.45) is 5.73 Å². The number of hydrogen-bond acceptors (Lipinski definition) is 4. The molecule has 4 nitrogen and oxygen atoms in total. The molecule has 1 fully saturated rings. The van der Waals surface area contributed by atoms with E-state index in [2.05, 4.69) is 4.74 Å². The average Bonchev–Trinajstić information content (AvgIpc) is 1.98. The minimum absolute atomic E-state index is 0.505. The fourth-order valence-corrected chi connectivity index (χ4v) is 0.910. The first kappa shape index (κ1) is 6.94. The van der Waals surface area contributed by atoms with E-state index >= 15 is 0 Å². The summed E-state index contributed by atoms with van der Waals surface area (Å²) in [6, 6.07) is -0.766. The quantitative estimate of drug-likeness (QED) is 0.261. The van der Waals surface area contributed by atoms with Crippen molar-refractivity contribution in [1.29, 1.82) is 0 Å². The first-order chi connectivity index (χ1) is 4.13. The van der Waals surface area contributed by atoms with Gasteiger partial charge in [-0.2, -0.15) is 0 Å². The number of esters is 2. The van der Waals surface area contributed by atoms with Crippen LogP contribution in [0.2, 0.25) is 0 Å². The Bertz CT molecular complexity index is 151. The van der Waals surface area contributed by atoms with Gasteiger partial charge in [0, 0.05) is 0 Å². The molecule has 1 aliphatic rings. The van der Waals surface area contributed by atoms with Gasteiger partial charge in [-0.25, -0.2) is 4.79 Å². The molecule has 9 heavy (non-hydrogen) atoms. The molecule has 1 heterocycles. The van der Waals surface area contributed by atoms with E-state index in [0.29, 0.717) is 0 Å². The molecule has 2 atom stereocenters. The molecule has 0 aromatic heterocycles. The van der Waals surface area contributed by atoms with Crippen LogP contribution in [-0.2, 0) is 14.3 Å². The second kappa shape index (κ2) is 2.22. The lowest BCUT2D eigenvalue weighted by atomic mass is 10.3. The van der Waals surface area contributed by atoms with Gasteiger partial charge in [-0.3, -0.25) is 4.79 Å². The number of halogens is 1. The molecule has 0 aliphatic carbocycles. The highest BCUT2D eigenvalue weighted by atomic mass is 127. The molecule has 0 amide bonds. The molecule has 2 unspecified atom stereocenters. The summed E-state index contributed by atoms with van der Waals surface area (Å²) in [5, 5.41) is 0. The molecule has 0 aromatic rings. The van der Waals surface area contributed by atoms with Crippen LogP contribution in [0.1, 0.15) is 0 Å². The molecular formula is C4H4INO3. The summed E-state index contributed by atoms with van der Waals surface area (Å²) in [5.41, 5.74) is 5.21. The molecular weight excluding hydrogens is 237 g/mol. The van der Waals surface area contributed by atoms with E-state index in [1.54, 1.807) is 22.6 Å². The number of carbonyl (C=O) groups is 2. The maximum atomic E-state index is 10.5. The van der Waals surface area contributed by atoms with Crippen molar-refractivity contribution in [2.75, 3.05) is 0 Å². The highest BCUT2D eigenvalue weighted by Gasteiger charge is 2.39.